The van der Waals surface area contributed by atoms with Gasteiger partial charge in [0, 0.05) is 12.7 Å². The SMILES string of the molecule is Cc1ccc(C2=C(N(C)c3ccccc3)C(=O)N(c3ccc(S(N)(=O)=O)cc3)C2=O)cc1. The Labute approximate surface area is 186 Å². The van der Waals surface area contributed by atoms with E-state index >= 15 is 0 Å². The minimum Gasteiger partial charge on any atom is -0.339 e. The van der Waals surface area contributed by atoms with Crippen molar-refractivity contribution in [3.05, 3.63) is 95.7 Å². The van der Waals surface area contributed by atoms with E-state index in [1.165, 1.54) is 24.3 Å². The second kappa shape index (κ2) is 8.07. The van der Waals surface area contributed by atoms with Gasteiger partial charge in [-0.3, -0.25) is 9.59 Å². The van der Waals surface area contributed by atoms with Crippen LogP contribution < -0.4 is 14.9 Å². The van der Waals surface area contributed by atoms with Crippen molar-refractivity contribution in [1.29, 1.82) is 0 Å². The van der Waals surface area contributed by atoms with Gasteiger partial charge in [-0.25, -0.2) is 18.5 Å². The number of primary sulfonamides is 1. The Hall–Kier alpha value is -3.75. The summed E-state index contributed by atoms with van der Waals surface area (Å²) in [6.07, 6.45) is 0. The molecule has 162 valence electrons. The normalized spacial score (nSPS) is 14.3. The van der Waals surface area contributed by atoms with Crippen LogP contribution in [0.5, 0.6) is 0 Å². The standard InChI is InChI=1S/C24H21N3O4S/c1-16-8-10-17(11-9-16)21-22(26(2)18-6-4-3-5-7-18)24(29)27(23(21)28)19-12-14-20(15-13-19)32(25,30)31/h3-15H,1-2H3,(H2,25,30,31). The highest BCUT2D eigenvalue weighted by atomic mass is 32.2. The molecule has 0 radical (unpaired) electrons. The molecular weight excluding hydrogens is 426 g/mol. The number of hydrogen-bond acceptors (Lipinski definition) is 5. The number of carbonyl (C=O) groups excluding carboxylic acids is 2. The first-order valence-electron chi connectivity index (χ1n) is 9.80. The fourth-order valence-corrected chi connectivity index (χ4v) is 4.13. The molecule has 0 spiro atoms. The van der Waals surface area contributed by atoms with E-state index in [1.54, 1.807) is 11.9 Å². The van der Waals surface area contributed by atoms with Crippen LogP contribution in [0.25, 0.3) is 5.57 Å². The Morgan fingerprint density at radius 3 is 1.97 bits per heavy atom. The lowest BCUT2D eigenvalue weighted by molar-refractivity contribution is -0.120. The van der Waals surface area contributed by atoms with Gasteiger partial charge in [0.15, 0.2) is 0 Å². The summed E-state index contributed by atoms with van der Waals surface area (Å²) >= 11 is 0. The van der Waals surface area contributed by atoms with E-state index in [2.05, 4.69) is 0 Å². The molecule has 4 rings (SSSR count). The Morgan fingerprint density at radius 2 is 1.41 bits per heavy atom. The third kappa shape index (κ3) is 3.81. The zero-order valence-corrected chi connectivity index (χ0v) is 18.3. The van der Waals surface area contributed by atoms with Gasteiger partial charge in [-0.1, -0.05) is 48.0 Å². The fraction of sp³-hybridized carbons (Fsp3) is 0.0833. The number of aryl methyl sites for hydroxylation is 1. The summed E-state index contributed by atoms with van der Waals surface area (Å²) in [7, 11) is -2.16. The summed E-state index contributed by atoms with van der Waals surface area (Å²) in [6.45, 7) is 1.94. The topological polar surface area (TPSA) is 101 Å². The number of nitrogens with zero attached hydrogens (tertiary/aromatic N) is 2. The number of likely N-dealkylation sites (N-methyl/N-ethyl adjacent to an activating group) is 1. The smallest absolute Gasteiger partial charge is 0.282 e. The van der Waals surface area contributed by atoms with Gasteiger partial charge in [0.05, 0.1) is 16.2 Å². The van der Waals surface area contributed by atoms with E-state index in [-0.39, 0.29) is 21.9 Å². The largest absolute Gasteiger partial charge is 0.339 e. The van der Waals surface area contributed by atoms with Gasteiger partial charge in [0.25, 0.3) is 11.8 Å². The summed E-state index contributed by atoms with van der Waals surface area (Å²) in [5.74, 6) is -0.986. The maximum absolute atomic E-state index is 13.5. The van der Waals surface area contributed by atoms with Crippen molar-refractivity contribution in [3.8, 4) is 0 Å². The molecule has 2 amide bonds. The lowest BCUT2D eigenvalue weighted by Gasteiger charge is -2.21. The molecule has 0 saturated heterocycles. The summed E-state index contributed by atoms with van der Waals surface area (Å²) in [5, 5.41) is 5.16. The highest BCUT2D eigenvalue weighted by Gasteiger charge is 2.42. The quantitative estimate of drug-likeness (QED) is 0.606. The minimum absolute atomic E-state index is 0.103. The lowest BCUT2D eigenvalue weighted by atomic mass is 10.0. The Balaban J connectivity index is 1.84. The molecule has 0 aromatic heterocycles. The highest BCUT2D eigenvalue weighted by Crippen LogP contribution is 2.36. The molecule has 2 N–H and O–H groups in total. The Bertz CT molecular complexity index is 1330. The fourth-order valence-electron chi connectivity index (χ4n) is 3.61. The Morgan fingerprint density at radius 1 is 0.812 bits per heavy atom. The maximum Gasteiger partial charge on any atom is 0.282 e. The van der Waals surface area contributed by atoms with Crippen molar-refractivity contribution in [2.24, 2.45) is 5.14 Å². The van der Waals surface area contributed by atoms with Crippen molar-refractivity contribution < 1.29 is 18.0 Å². The number of para-hydroxylation sites is 1. The molecule has 0 atom stereocenters. The van der Waals surface area contributed by atoms with Crippen LogP contribution in [0, 0.1) is 6.92 Å². The van der Waals surface area contributed by atoms with Gasteiger partial charge >= 0.3 is 0 Å². The van der Waals surface area contributed by atoms with Crippen molar-refractivity contribution in [2.45, 2.75) is 11.8 Å². The highest BCUT2D eigenvalue weighted by molar-refractivity contribution is 7.89. The van der Waals surface area contributed by atoms with Crippen LogP contribution in [-0.4, -0.2) is 27.3 Å². The molecule has 0 unspecified atom stereocenters. The van der Waals surface area contributed by atoms with E-state index < -0.39 is 21.8 Å². The molecule has 0 aliphatic carbocycles. The van der Waals surface area contributed by atoms with Crippen LogP contribution in [0.4, 0.5) is 11.4 Å². The first-order chi connectivity index (χ1) is 15.2. The van der Waals surface area contributed by atoms with Gasteiger partial charge < -0.3 is 4.90 Å². The monoisotopic (exact) mass is 447 g/mol. The molecule has 1 aliphatic heterocycles. The van der Waals surface area contributed by atoms with Crippen molar-refractivity contribution >= 4 is 38.8 Å². The lowest BCUT2D eigenvalue weighted by Crippen LogP contribution is -2.34. The zero-order valence-electron chi connectivity index (χ0n) is 17.5. The molecule has 1 aliphatic rings. The average Bonchev–Trinajstić information content (AvgIpc) is 3.04. The van der Waals surface area contributed by atoms with Crippen LogP contribution in [0.1, 0.15) is 11.1 Å². The molecule has 0 bridgehead atoms. The number of sulfonamides is 1. The number of rotatable bonds is 5. The second-order valence-corrected chi connectivity index (χ2v) is 9.03. The molecule has 7 nitrogen and oxygen atoms in total. The molecular formula is C24H21N3O4S. The minimum atomic E-state index is -3.90. The first kappa shape index (κ1) is 21.5. The zero-order chi connectivity index (χ0) is 23.0. The molecule has 1 heterocycles. The number of carbonyl (C=O) groups is 2. The number of amides is 2. The van der Waals surface area contributed by atoms with Gasteiger partial charge in [-0.05, 0) is 48.9 Å². The van der Waals surface area contributed by atoms with Crippen molar-refractivity contribution in [2.75, 3.05) is 16.8 Å². The van der Waals surface area contributed by atoms with Gasteiger partial charge in [-0.2, -0.15) is 0 Å². The number of nitrogens with two attached hydrogens (primary N) is 1. The number of imide groups is 1. The molecule has 0 saturated carbocycles. The summed E-state index contributed by atoms with van der Waals surface area (Å²) < 4.78 is 23.1. The van der Waals surface area contributed by atoms with Crippen LogP contribution in [0.15, 0.2) is 89.5 Å². The van der Waals surface area contributed by atoms with Crippen molar-refractivity contribution in [3.63, 3.8) is 0 Å². The van der Waals surface area contributed by atoms with Crippen LogP contribution in [0.2, 0.25) is 0 Å². The van der Waals surface area contributed by atoms with E-state index in [0.717, 1.165) is 16.2 Å². The van der Waals surface area contributed by atoms with Gasteiger partial charge in [0.1, 0.15) is 5.70 Å². The number of anilines is 2. The van der Waals surface area contributed by atoms with Crippen LogP contribution in [0.3, 0.4) is 0 Å². The third-order valence-electron chi connectivity index (χ3n) is 5.30. The predicted molar refractivity (Wildman–Crippen MR) is 123 cm³/mol. The van der Waals surface area contributed by atoms with Gasteiger partial charge in [-0.15, -0.1) is 0 Å². The van der Waals surface area contributed by atoms with Crippen LogP contribution >= 0.6 is 0 Å². The molecule has 0 fully saturated rings. The van der Waals surface area contributed by atoms with E-state index in [0.29, 0.717) is 5.56 Å². The third-order valence-corrected chi connectivity index (χ3v) is 6.23. The van der Waals surface area contributed by atoms with Crippen LogP contribution in [-0.2, 0) is 19.6 Å². The average molecular weight is 448 g/mol. The van der Waals surface area contributed by atoms with E-state index in [4.69, 9.17) is 5.14 Å². The predicted octanol–water partition coefficient (Wildman–Crippen LogP) is 3.06. The second-order valence-electron chi connectivity index (χ2n) is 7.47. The Kier molecular flexibility index (Phi) is 5.41. The summed E-state index contributed by atoms with van der Waals surface area (Å²) in [5.41, 5.74) is 3.17. The summed E-state index contributed by atoms with van der Waals surface area (Å²) in [6, 6.07) is 22.0. The number of benzene rings is 3. The maximum atomic E-state index is 13.5. The number of hydrogen-bond donors (Lipinski definition) is 1. The molecule has 3 aromatic carbocycles. The van der Waals surface area contributed by atoms with E-state index in [1.807, 2.05) is 61.5 Å². The first-order valence-corrected chi connectivity index (χ1v) is 11.3. The van der Waals surface area contributed by atoms with Gasteiger partial charge in [0.2, 0.25) is 10.0 Å². The van der Waals surface area contributed by atoms with E-state index in [9.17, 15) is 18.0 Å². The van der Waals surface area contributed by atoms with Crippen molar-refractivity contribution in [1.82, 2.24) is 0 Å². The molecule has 32 heavy (non-hydrogen) atoms. The molecule has 3 aromatic rings. The summed E-state index contributed by atoms with van der Waals surface area (Å²) in [4.78, 5) is 29.7. The molecule has 8 heteroatoms.